The van der Waals surface area contributed by atoms with Gasteiger partial charge in [-0.2, -0.15) is 0 Å². The van der Waals surface area contributed by atoms with Crippen molar-refractivity contribution >= 4 is 34.4 Å². The smallest absolute Gasteiger partial charge is 0.330 e. The Balaban J connectivity index is 2.60. The second-order valence-corrected chi connectivity index (χ2v) is 5.51. The Morgan fingerprint density at radius 1 is 1.29 bits per heavy atom. The van der Waals surface area contributed by atoms with Gasteiger partial charge >= 0.3 is 5.97 Å². The van der Waals surface area contributed by atoms with Crippen molar-refractivity contribution in [1.82, 2.24) is 0 Å². The Bertz CT molecular complexity index is 753. The number of aryl methyl sites for hydroxylation is 1. The van der Waals surface area contributed by atoms with E-state index in [4.69, 9.17) is 25.8 Å². The minimum atomic E-state index is -0.381. The molecule has 0 aliphatic carbocycles. The first-order valence-electron chi connectivity index (χ1n) is 7.83. The van der Waals surface area contributed by atoms with Gasteiger partial charge in [0.05, 0.1) is 11.6 Å². The Morgan fingerprint density at radius 2 is 2.08 bits per heavy atom. The highest BCUT2D eigenvalue weighted by molar-refractivity contribution is 6.33. The zero-order valence-electron chi connectivity index (χ0n) is 14.1. The molecule has 24 heavy (non-hydrogen) atoms. The molecule has 0 unspecified atom stereocenters. The summed E-state index contributed by atoms with van der Waals surface area (Å²) in [5, 5.41) is 2.38. The molecule has 0 atom stereocenters. The van der Waals surface area contributed by atoms with Gasteiger partial charge in [-0.25, -0.2) is 4.79 Å². The first kappa shape index (κ1) is 18.3. The predicted octanol–water partition coefficient (Wildman–Crippen LogP) is 4.61. The van der Waals surface area contributed by atoms with Crippen LogP contribution in [0.4, 0.5) is 0 Å². The number of carbonyl (C=O) groups is 1. The number of carbonyl (C=O) groups excluding carboxylic acids is 1. The zero-order valence-corrected chi connectivity index (χ0v) is 14.9. The molecule has 0 saturated carbocycles. The first-order valence-corrected chi connectivity index (χ1v) is 8.20. The van der Waals surface area contributed by atoms with Crippen LogP contribution in [-0.4, -0.2) is 26.5 Å². The van der Waals surface area contributed by atoms with Crippen LogP contribution in [0.25, 0.3) is 16.8 Å². The summed E-state index contributed by atoms with van der Waals surface area (Å²) in [6.45, 7) is 4.30. The summed E-state index contributed by atoms with van der Waals surface area (Å²) in [6.07, 6.45) is 3.96. The van der Waals surface area contributed by atoms with Crippen molar-refractivity contribution in [2.75, 3.05) is 20.5 Å². The maximum absolute atomic E-state index is 11.6. The minimum absolute atomic E-state index is 0.116. The summed E-state index contributed by atoms with van der Waals surface area (Å²) >= 11 is 6.42. The molecule has 0 N–H and O–H groups in total. The standard InChI is InChI=1S/C19H21ClO4/c1-4-13-7-6-8-15-14(9-10-17(21)23-5-2)11-16(20)19(18(13)15)24-12-22-3/h6-11H,4-5,12H2,1-3H3/b10-9+. The predicted molar refractivity (Wildman–Crippen MR) is 96.5 cm³/mol. The number of fused-ring (bicyclic) bond motifs is 1. The van der Waals surface area contributed by atoms with Gasteiger partial charge in [-0.3, -0.25) is 0 Å². The van der Waals surface area contributed by atoms with E-state index < -0.39 is 0 Å². The van der Waals surface area contributed by atoms with E-state index in [0.717, 1.165) is 28.3 Å². The average molecular weight is 349 g/mol. The number of halogens is 1. The number of hydrogen-bond donors (Lipinski definition) is 0. The Kier molecular flexibility index (Phi) is 6.64. The van der Waals surface area contributed by atoms with Gasteiger partial charge in [0.1, 0.15) is 5.75 Å². The zero-order chi connectivity index (χ0) is 17.5. The molecular weight excluding hydrogens is 328 g/mol. The van der Waals surface area contributed by atoms with Gasteiger partial charge in [-0.15, -0.1) is 0 Å². The van der Waals surface area contributed by atoms with Crippen LogP contribution in [0.1, 0.15) is 25.0 Å². The number of benzene rings is 2. The summed E-state index contributed by atoms with van der Waals surface area (Å²) in [6, 6.07) is 7.79. The maximum Gasteiger partial charge on any atom is 0.330 e. The van der Waals surface area contributed by atoms with Gasteiger partial charge in [0.2, 0.25) is 0 Å². The minimum Gasteiger partial charge on any atom is -0.465 e. The molecule has 2 aromatic rings. The van der Waals surface area contributed by atoms with Crippen molar-refractivity contribution in [3.8, 4) is 5.75 Å². The van der Waals surface area contributed by atoms with Gasteiger partial charge in [0, 0.05) is 18.6 Å². The number of hydrogen-bond acceptors (Lipinski definition) is 4. The molecule has 128 valence electrons. The lowest BCUT2D eigenvalue weighted by Gasteiger charge is -2.15. The highest BCUT2D eigenvalue weighted by Gasteiger charge is 2.14. The van der Waals surface area contributed by atoms with Crippen molar-refractivity contribution in [2.24, 2.45) is 0 Å². The molecule has 4 nitrogen and oxygen atoms in total. The number of esters is 1. The Hall–Kier alpha value is -2.04. The molecule has 5 heteroatoms. The molecule has 0 radical (unpaired) electrons. The molecule has 0 saturated heterocycles. The maximum atomic E-state index is 11.6. The molecule has 2 aromatic carbocycles. The molecule has 0 heterocycles. The Morgan fingerprint density at radius 3 is 2.75 bits per heavy atom. The van der Waals surface area contributed by atoms with Crippen LogP contribution in [0.2, 0.25) is 5.02 Å². The van der Waals surface area contributed by atoms with E-state index in [-0.39, 0.29) is 12.8 Å². The third-order valence-electron chi connectivity index (χ3n) is 3.58. The summed E-state index contributed by atoms with van der Waals surface area (Å²) in [7, 11) is 1.56. The third kappa shape index (κ3) is 4.08. The molecular formula is C19H21ClO4. The SMILES string of the molecule is CCOC(=O)/C=C/c1cc(Cl)c(OCOC)c2c(CC)cccc12. The summed E-state index contributed by atoms with van der Waals surface area (Å²) in [4.78, 5) is 11.6. The highest BCUT2D eigenvalue weighted by Crippen LogP contribution is 2.39. The topological polar surface area (TPSA) is 44.8 Å². The van der Waals surface area contributed by atoms with Gasteiger partial charge in [0.25, 0.3) is 0 Å². The summed E-state index contributed by atoms with van der Waals surface area (Å²) < 4.78 is 15.6. The van der Waals surface area contributed by atoms with Crippen LogP contribution in [0.3, 0.4) is 0 Å². The third-order valence-corrected chi connectivity index (χ3v) is 3.86. The van der Waals surface area contributed by atoms with Gasteiger partial charge in [0.15, 0.2) is 6.79 Å². The van der Waals surface area contributed by atoms with Crippen LogP contribution < -0.4 is 4.74 Å². The average Bonchev–Trinajstić information content (AvgIpc) is 2.58. The molecule has 0 fully saturated rings. The largest absolute Gasteiger partial charge is 0.465 e. The van der Waals surface area contributed by atoms with E-state index in [1.165, 1.54) is 6.08 Å². The second-order valence-electron chi connectivity index (χ2n) is 5.11. The monoisotopic (exact) mass is 348 g/mol. The highest BCUT2D eigenvalue weighted by atomic mass is 35.5. The molecule has 0 aromatic heterocycles. The van der Waals surface area contributed by atoms with Crippen molar-refractivity contribution in [1.29, 1.82) is 0 Å². The number of rotatable bonds is 7. The van der Waals surface area contributed by atoms with Gasteiger partial charge < -0.3 is 14.2 Å². The fourth-order valence-electron chi connectivity index (χ4n) is 2.55. The quantitative estimate of drug-likeness (QED) is 0.416. The van der Waals surface area contributed by atoms with Crippen LogP contribution in [0.5, 0.6) is 5.75 Å². The fraction of sp³-hybridized carbons (Fsp3) is 0.316. The van der Waals surface area contributed by atoms with Crippen molar-refractivity contribution in [3.63, 3.8) is 0 Å². The van der Waals surface area contributed by atoms with E-state index >= 15 is 0 Å². The van der Waals surface area contributed by atoms with Crippen LogP contribution >= 0.6 is 11.6 Å². The van der Waals surface area contributed by atoms with E-state index in [1.54, 1.807) is 26.2 Å². The summed E-state index contributed by atoms with van der Waals surface area (Å²) in [5.74, 6) is 0.215. The van der Waals surface area contributed by atoms with Crippen molar-refractivity contribution in [3.05, 3.63) is 46.5 Å². The van der Waals surface area contributed by atoms with Gasteiger partial charge in [-0.05, 0) is 42.0 Å². The number of methoxy groups -OCH3 is 1. The molecule has 0 aliphatic heterocycles. The Labute approximate surface area is 147 Å². The molecule has 0 aliphatic rings. The van der Waals surface area contributed by atoms with E-state index in [9.17, 15) is 4.79 Å². The summed E-state index contributed by atoms with van der Waals surface area (Å²) in [5.41, 5.74) is 1.95. The molecule has 0 bridgehead atoms. The van der Waals surface area contributed by atoms with Crippen LogP contribution in [0.15, 0.2) is 30.3 Å². The van der Waals surface area contributed by atoms with Gasteiger partial charge in [-0.1, -0.05) is 36.7 Å². The van der Waals surface area contributed by atoms with E-state index in [0.29, 0.717) is 17.4 Å². The fourth-order valence-corrected chi connectivity index (χ4v) is 2.81. The van der Waals surface area contributed by atoms with E-state index in [2.05, 4.69) is 6.92 Å². The lowest BCUT2D eigenvalue weighted by Crippen LogP contribution is -2.02. The lowest BCUT2D eigenvalue weighted by molar-refractivity contribution is -0.137. The van der Waals surface area contributed by atoms with Crippen molar-refractivity contribution < 1.29 is 19.0 Å². The van der Waals surface area contributed by atoms with E-state index in [1.807, 2.05) is 18.2 Å². The first-order chi connectivity index (χ1) is 11.6. The second kappa shape index (κ2) is 8.71. The molecule has 2 rings (SSSR count). The molecule has 0 amide bonds. The molecule has 0 spiro atoms. The lowest BCUT2D eigenvalue weighted by atomic mass is 9.97. The number of ether oxygens (including phenoxy) is 3. The van der Waals surface area contributed by atoms with Crippen LogP contribution in [-0.2, 0) is 20.7 Å². The van der Waals surface area contributed by atoms with Crippen LogP contribution in [0, 0.1) is 0 Å². The normalized spacial score (nSPS) is 11.2. The van der Waals surface area contributed by atoms with Crippen molar-refractivity contribution in [2.45, 2.75) is 20.3 Å².